The molecular weight excluding hydrogens is 278 g/mol. The molecule has 0 aliphatic rings. The van der Waals surface area contributed by atoms with E-state index in [1.165, 1.54) is 20.8 Å². The van der Waals surface area contributed by atoms with Crippen molar-refractivity contribution < 1.29 is 22.3 Å². The molecule has 0 radical (unpaired) electrons. The van der Waals surface area contributed by atoms with Crippen LogP contribution in [0.3, 0.4) is 0 Å². The molecule has 0 fully saturated rings. The summed E-state index contributed by atoms with van der Waals surface area (Å²) in [6.07, 6.45) is -1.01. The summed E-state index contributed by atoms with van der Waals surface area (Å²) in [5, 5.41) is 9.45. The highest BCUT2D eigenvalue weighted by Gasteiger charge is 2.32. The van der Waals surface area contributed by atoms with Crippen LogP contribution >= 0.6 is 0 Å². The zero-order valence-corrected chi connectivity index (χ0v) is 11.6. The van der Waals surface area contributed by atoms with Crippen molar-refractivity contribution in [3.8, 4) is 0 Å². The third-order valence-corrected chi connectivity index (χ3v) is 4.47. The molecule has 0 saturated heterocycles. The van der Waals surface area contributed by atoms with Gasteiger partial charge in [0.05, 0.1) is 17.3 Å². The Bertz CT molecular complexity index is 586. The van der Waals surface area contributed by atoms with E-state index in [1.54, 1.807) is 0 Å². The lowest BCUT2D eigenvalue weighted by Crippen LogP contribution is -2.50. The highest BCUT2D eigenvalue weighted by Crippen LogP contribution is 2.23. The van der Waals surface area contributed by atoms with Gasteiger partial charge in [-0.2, -0.15) is 0 Å². The Morgan fingerprint density at radius 1 is 1.32 bits per heavy atom. The van der Waals surface area contributed by atoms with Gasteiger partial charge in [-0.3, -0.25) is 0 Å². The molecule has 1 rings (SSSR count). The molecule has 0 amide bonds. The first-order valence-electron chi connectivity index (χ1n) is 5.44. The van der Waals surface area contributed by atoms with E-state index in [1.807, 2.05) is 0 Å². The standard InChI is InChI=1S/C11H16F2N2O3S/c1-6(16)11(2,3)15-19(17,18)10-5-9(14)7(12)4-8(10)13/h4-6,15-16H,14H2,1-3H3. The van der Waals surface area contributed by atoms with Crippen LogP contribution in [0.2, 0.25) is 0 Å². The highest BCUT2D eigenvalue weighted by molar-refractivity contribution is 7.89. The van der Waals surface area contributed by atoms with Gasteiger partial charge in [-0.25, -0.2) is 21.9 Å². The second-order valence-electron chi connectivity index (χ2n) is 4.81. The van der Waals surface area contributed by atoms with Gasteiger partial charge in [0.1, 0.15) is 16.5 Å². The summed E-state index contributed by atoms with van der Waals surface area (Å²) >= 11 is 0. The first kappa shape index (κ1) is 15.8. The molecule has 0 aliphatic heterocycles. The summed E-state index contributed by atoms with van der Waals surface area (Å²) in [4.78, 5) is -0.764. The molecule has 1 atom stereocenters. The van der Waals surface area contributed by atoms with Crippen LogP contribution in [-0.2, 0) is 10.0 Å². The molecule has 1 unspecified atom stereocenters. The Morgan fingerprint density at radius 2 is 1.84 bits per heavy atom. The van der Waals surface area contributed by atoms with Crippen LogP contribution in [0.4, 0.5) is 14.5 Å². The van der Waals surface area contributed by atoms with E-state index in [4.69, 9.17) is 5.73 Å². The van der Waals surface area contributed by atoms with Crippen LogP contribution in [0, 0.1) is 11.6 Å². The topological polar surface area (TPSA) is 92.4 Å². The lowest BCUT2D eigenvalue weighted by Gasteiger charge is -2.29. The van der Waals surface area contributed by atoms with Crippen LogP contribution < -0.4 is 10.5 Å². The number of aliphatic hydroxyl groups excluding tert-OH is 1. The maximum absolute atomic E-state index is 13.5. The predicted octanol–water partition coefficient (Wildman–Crippen LogP) is 0.985. The fourth-order valence-corrected chi connectivity index (χ4v) is 2.81. The number of rotatable bonds is 4. The number of hydrogen-bond acceptors (Lipinski definition) is 4. The van der Waals surface area contributed by atoms with E-state index < -0.39 is 43.9 Å². The van der Waals surface area contributed by atoms with E-state index in [0.29, 0.717) is 12.1 Å². The van der Waals surface area contributed by atoms with Crippen molar-refractivity contribution in [2.75, 3.05) is 5.73 Å². The maximum Gasteiger partial charge on any atom is 0.244 e. The molecule has 1 aromatic rings. The maximum atomic E-state index is 13.5. The number of sulfonamides is 1. The summed E-state index contributed by atoms with van der Waals surface area (Å²) in [6, 6.07) is 1.10. The van der Waals surface area contributed by atoms with Crippen molar-refractivity contribution in [3.05, 3.63) is 23.8 Å². The summed E-state index contributed by atoms with van der Waals surface area (Å²) in [6.45, 7) is 4.25. The average Bonchev–Trinajstić information content (AvgIpc) is 2.21. The minimum Gasteiger partial charge on any atom is -0.396 e. The Labute approximate surface area is 110 Å². The lowest BCUT2D eigenvalue weighted by molar-refractivity contribution is 0.111. The number of anilines is 1. The van der Waals surface area contributed by atoms with Gasteiger partial charge in [0.25, 0.3) is 0 Å². The molecule has 0 heterocycles. The summed E-state index contributed by atoms with van der Waals surface area (Å²) in [5.41, 5.74) is 3.54. The van der Waals surface area contributed by atoms with Gasteiger partial charge in [-0.15, -0.1) is 0 Å². The minimum atomic E-state index is -4.26. The van der Waals surface area contributed by atoms with Crippen molar-refractivity contribution >= 4 is 15.7 Å². The Morgan fingerprint density at radius 3 is 2.32 bits per heavy atom. The van der Waals surface area contributed by atoms with Gasteiger partial charge in [-0.1, -0.05) is 0 Å². The Hall–Kier alpha value is -1.25. The second-order valence-corrected chi connectivity index (χ2v) is 6.46. The third-order valence-electron chi connectivity index (χ3n) is 2.78. The number of nitrogen functional groups attached to an aromatic ring is 1. The van der Waals surface area contributed by atoms with Crippen LogP contribution in [0.15, 0.2) is 17.0 Å². The Balaban J connectivity index is 3.26. The fraction of sp³-hybridized carbons (Fsp3) is 0.455. The van der Waals surface area contributed by atoms with Crippen LogP contribution in [0.5, 0.6) is 0 Å². The van der Waals surface area contributed by atoms with Gasteiger partial charge < -0.3 is 10.8 Å². The monoisotopic (exact) mass is 294 g/mol. The van der Waals surface area contributed by atoms with E-state index in [-0.39, 0.29) is 0 Å². The molecular formula is C11H16F2N2O3S. The molecule has 0 aromatic heterocycles. The normalized spacial score (nSPS) is 14.4. The van der Waals surface area contributed by atoms with E-state index in [9.17, 15) is 22.3 Å². The fourth-order valence-electron chi connectivity index (χ4n) is 1.24. The van der Waals surface area contributed by atoms with Crippen molar-refractivity contribution in [3.63, 3.8) is 0 Å². The molecule has 5 nitrogen and oxygen atoms in total. The van der Waals surface area contributed by atoms with Gasteiger partial charge in [0.2, 0.25) is 10.0 Å². The number of aliphatic hydroxyl groups is 1. The first-order chi connectivity index (χ1) is 8.47. The second kappa shape index (κ2) is 5.03. The lowest BCUT2D eigenvalue weighted by atomic mass is 10.0. The molecule has 0 spiro atoms. The van der Waals surface area contributed by atoms with Crippen molar-refractivity contribution in [2.45, 2.75) is 37.3 Å². The van der Waals surface area contributed by atoms with Gasteiger partial charge in [-0.05, 0) is 26.8 Å². The Kier molecular flexibility index (Phi) is 4.18. The summed E-state index contributed by atoms with van der Waals surface area (Å²) < 4.78 is 52.7. The predicted molar refractivity (Wildman–Crippen MR) is 66.9 cm³/mol. The molecule has 1 aromatic carbocycles. The molecule has 19 heavy (non-hydrogen) atoms. The number of nitrogens with one attached hydrogen (secondary N) is 1. The number of benzene rings is 1. The van der Waals surface area contributed by atoms with E-state index >= 15 is 0 Å². The molecule has 0 bridgehead atoms. The van der Waals surface area contributed by atoms with Crippen molar-refractivity contribution in [1.29, 1.82) is 0 Å². The smallest absolute Gasteiger partial charge is 0.244 e. The first-order valence-corrected chi connectivity index (χ1v) is 6.92. The van der Waals surface area contributed by atoms with E-state index in [0.717, 1.165) is 0 Å². The summed E-state index contributed by atoms with van der Waals surface area (Å²) in [7, 11) is -4.26. The van der Waals surface area contributed by atoms with Gasteiger partial charge >= 0.3 is 0 Å². The molecule has 0 aliphatic carbocycles. The highest BCUT2D eigenvalue weighted by atomic mass is 32.2. The van der Waals surface area contributed by atoms with Crippen LogP contribution in [-0.4, -0.2) is 25.2 Å². The SMILES string of the molecule is CC(O)C(C)(C)NS(=O)(=O)c1cc(N)c(F)cc1F. The number of halogens is 2. The minimum absolute atomic E-state index is 0.402. The quantitative estimate of drug-likeness (QED) is 0.722. The summed E-state index contributed by atoms with van der Waals surface area (Å²) in [5.74, 6) is -2.29. The number of hydrogen-bond donors (Lipinski definition) is 3. The third kappa shape index (κ3) is 3.40. The molecule has 4 N–H and O–H groups in total. The van der Waals surface area contributed by atoms with Gasteiger partial charge in [0, 0.05) is 6.07 Å². The molecule has 8 heteroatoms. The number of nitrogens with two attached hydrogens (primary N) is 1. The van der Waals surface area contributed by atoms with Gasteiger partial charge in [0.15, 0.2) is 0 Å². The van der Waals surface area contributed by atoms with Crippen LogP contribution in [0.25, 0.3) is 0 Å². The van der Waals surface area contributed by atoms with E-state index in [2.05, 4.69) is 4.72 Å². The molecule has 108 valence electrons. The zero-order chi connectivity index (χ0) is 15.0. The van der Waals surface area contributed by atoms with Crippen LogP contribution in [0.1, 0.15) is 20.8 Å². The average molecular weight is 294 g/mol. The van der Waals surface area contributed by atoms with Crippen molar-refractivity contribution in [2.24, 2.45) is 0 Å². The van der Waals surface area contributed by atoms with Crippen molar-refractivity contribution in [1.82, 2.24) is 4.72 Å². The largest absolute Gasteiger partial charge is 0.396 e. The zero-order valence-electron chi connectivity index (χ0n) is 10.7. The molecule has 0 saturated carbocycles.